The lowest BCUT2D eigenvalue weighted by Crippen LogP contribution is -2.59. The van der Waals surface area contributed by atoms with E-state index >= 15 is 0 Å². The average molecular weight is 312 g/mol. The molecule has 0 spiro atoms. The Kier molecular flexibility index (Phi) is 6.91. The molecule has 9 nitrogen and oxygen atoms in total. The maximum absolute atomic E-state index is 9.81. The first-order chi connectivity index (χ1) is 9.65. The van der Waals surface area contributed by atoms with E-state index in [1.54, 1.807) is 0 Å². The smallest absolute Gasteiger partial charge is 0.192 e. The molecule has 0 aliphatic carbocycles. The van der Waals surface area contributed by atoms with Crippen molar-refractivity contribution in [3.05, 3.63) is 0 Å². The molecule has 9 unspecified atom stereocenters. The third-order valence-electron chi connectivity index (χ3n) is 3.18. The standard InChI is InChI=1S/C12H24O9/c1-4(13)7(15)11(20-6(3)14)21-12-10(18)9(17)8(16)5(2)19-12/h4-18H,1-3H3. The van der Waals surface area contributed by atoms with Gasteiger partial charge in [0.2, 0.25) is 0 Å². The number of hydrogen-bond donors (Lipinski definition) is 6. The van der Waals surface area contributed by atoms with Gasteiger partial charge in [0.05, 0.1) is 12.2 Å². The van der Waals surface area contributed by atoms with Crippen molar-refractivity contribution in [2.24, 2.45) is 0 Å². The van der Waals surface area contributed by atoms with E-state index in [1.165, 1.54) is 20.8 Å². The highest BCUT2D eigenvalue weighted by Crippen LogP contribution is 2.24. The third kappa shape index (κ3) is 4.81. The van der Waals surface area contributed by atoms with Crippen molar-refractivity contribution in [1.82, 2.24) is 0 Å². The Bertz CT molecular complexity index is 311. The molecule has 126 valence electrons. The van der Waals surface area contributed by atoms with Gasteiger partial charge in [0, 0.05) is 0 Å². The van der Waals surface area contributed by atoms with Crippen molar-refractivity contribution in [3.63, 3.8) is 0 Å². The van der Waals surface area contributed by atoms with Crippen molar-refractivity contribution >= 4 is 0 Å². The van der Waals surface area contributed by atoms with E-state index in [0.29, 0.717) is 0 Å². The average Bonchev–Trinajstić information content (AvgIpc) is 2.40. The number of rotatable bonds is 6. The summed E-state index contributed by atoms with van der Waals surface area (Å²) in [6, 6.07) is 0. The zero-order chi connectivity index (χ0) is 16.3. The van der Waals surface area contributed by atoms with Crippen LogP contribution >= 0.6 is 0 Å². The fraction of sp³-hybridized carbons (Fsp3) is 1.00. The third-order valence-corrected chi connectivity index (χ3v) is 3.18. The Hall–Kier alpha value is -0.360. The van der Waals surface area contributed by atoms with Gasteiger partial charge >= 0.3 is 0 Å². The molecule has 0 bridgehead atoms. The summed E-state index contributed by atoms with van der Waals surface area (Å²) in [5, 5.41) is 57.4. The van der Waals surface area contributed by atoms with Gasteiger partial charge < -0.3 is 44.8 Å². The molecular weight excluding hydrogens is 288 g/mol. The van der Waals surface area contributed by atoms with E-state index in [4.69, 9.17) is 14.2 Å². The minimum Gasteiger partial charge on any atom is -0.391 e. The molecule has 1 heterocycles. The van der Waals surface area contributed by atoms with Gasteiger partial charge in [0.25, 0.3) is 0 Å². The minimum atomic E-state index is -1.59. The first-order valence-corrected chi connectivity index (χ1v) is 6.70. The Morgan fingerprint density at radius 2 is 1.52 bits per heavy atom. The molecular formula is C12H24O9. The topological polar surface area (TPSA) is 149 Å². The SMILES string of the molecule is CC(O)OC(OC1OC(C)C(O)C(O)C1O)C(O)C(C)O. The van der Waals surface area contributed by atoms with Crippen molar-refractivity contribution in [2.45, 2.75) is 76.3 Å². The maximum Gasteiger partial charge on any atom is 0.192 e. The molecule has 21 heavy (non-hydrogen) atoms. The zero-order valence-corrected chi connectivity index (χ0v) is 12.1. The molecule has 1 saturated heterocycles. The molecule has 1 aliphatic rings. The van der Waals surface area contributed by atoms with Crippen LogP contribution in [0.1, 0.15) is 20.8 Å². The number of aliphatic hydroxyl groups excluding tert-OH is 6. The van der Waals surface area contributed by atoms with Gasteiger partial charge in [0.1, 0.15) is 24.4 Å². The molecule has 0 radical (unpaired) electrons. The highest BCUT2D eigenvalue weighted by atomic mass is 16.8. The fourth-order valence-electron chi connectivity index (χ4n) is 1.87. The lowest BCUT2D eigenvalue weighted by molar-refractivity contribution is -0.361. The van der Waals surface area contributed by atoms with Gasteiger partial charge in [-0.25, -0.2) is 0 Å². The van der Waals surface area contributed by atoms with E-state index in [9.17, 15) is 30.6 Å². The first kappa shape index (κ1) is 18.7. The predicted octanol–water partition coefficient (Wildman–Crippen LogP) is -2.75. The highest BCUT2D eigenvalue weighted by molar-refractivity contribution is 4.87. The summed E-state index contributed by atoms with van der Waals surface area (Å²) < 4.78 is 15.3. The van der Waals surface area contributed by atoms with Crippen LogP contribution in [-0.2, 0) is 14.2 Å². The van der Waals surface area contributed by atoms with Gasteiger partial charge in [0.15, 0.2) is 18.9 Å². The monoisotopic (exact) mass is 312 g/mol. The van der Waals surface area contributed by atoms with Crippen LogP contribution in [0, 0.1) is 0 Å². The van der Waals surface area contributed by atoms with Gasteiger partial charge in [-0.15, -0.1) is 0 Å². The van der Waals surface area contributed by atoms with Crippen molar-refractivity contribution < 1.29 is 44.8 Å². The number of ether oxygens (including phenoxy) is 3. The molecule has 9 heteroatoms. The molecule has 9 atom stereocenters. The summed E-state index contributed by atoms with van der Waals surface area (Å²) in [4.78, 5) is 0. The molecule has 1 aliphatic heterocycles. The first-order valence-electron chi connectivity index (χ1n) is 6.70. The summed E-state index contributed by atoms with van der Waals surface area (Å²) in [6.45, 7) is 4.02. The van der Waals surface area contributed by atoms with E-state index < -0.39 is 55.5 Å². The van der Waals surface area contributed by atoms with Crippen LogP contribution in [0.5, 0.6) is 0 Å². The van der Waals surface area contributed by atoms with E-state index in [2.05, 4.69) is 0 Å². The highest BCUT2D eigenvalue weighted by Gasteiger charge is 2.44. The Morgan fingerprint density at radius 3 is 2.00 bits per heavy atom. The lowest BCUT2D eigenvalue weighted by Gasteiger charge is -2.41. The summed E-state index contributed by atoms with van der Waals surface area (Å²) >= 11 is 0. The molecule has 1 rings (SSSR count). The summed E-state index contributed by atoms with van der Waals surface area (Å²) in [7, 11) is 0. The molecule has 0 amide bonds. The van der Waals surface area contributed by atoms with Crippen LogP contribution in [-0.4, -0.2) is 86.1 Å². The van der Waals surface area contributed by atoms with Crippen LogP contribution < -0.4 is 0 Å². The van der Waals surface area contributed by atoms with Gasteiger partial charge in [-0.2, -0.15) is 0 Å². The quantitative estimate of drug-likeness (QED) is 0.287. The fourth-order valence-corrected chi connectivity index (χ4v) is 1.87. The summed E-state index contributed by atoms with van der Waals surface area (Å²) in [5.41, 5.74) is 0. The molecule has 6 N–H and O–H groups in total. The predicted molar refractivity (Wildman–Crippen MR) is 67.7 cm³/mol. The van der Waals surface area contributed by atoms with Gasteiger partial charge in [-0.05, 0) is 20.8 Å². The zero-order valence-electron chi connectivity index (χ0n) is 12.1. The van der Waals surface area contributed by atoms with E-state index in [-0.39, 0.29) is 0 Å². The van der Waals surface area contributed by atoms with Crippen LogP contribution in [0.4, 0.5) is 0 Å². The largest absolute Gasteiger partial charge is 0.391 e. The van der Waals surface area contributed by atoms with Crippen LogP contribution in [0.15, 0.2) is 0 Å². The summed E-state index contributed by atoms with van der Waals surface area (Å²) in [5.74, 6) is 0. The van der Waals surface area contributed by atoms with Crippen LogP contribution in [0.2, 0.25) is 0 Å². The number of hydrogen-bond acceptors (Lipinski definition) is 9. The maximum atomic E-state index is 9.81. The summed E-state index contributed by atoms with van der Waals surface area (Å²) in [6.07, 6.45) is -12.2. The number of aliphatic hydroxyl groups is 6. The van der Waals surface area contributed by atoms with Gasteiger partial charge in [-0.1, -0.05) is 0 Å². The molecule has 0 aromatic heterocycles. The lowest BCUT2D eigenvalue weighted by atomic mass is 10.00. The Labute approximate surface area is 122 Å². The van der Waals surface area contributed by atoms with E-state index in [1.807, 2.05) is 0 Å². The Morgan fingerprint density at radius 1 is 0.952 bits per heavy atom. The second-order valence-electron chi connectivity index (χ2n) is 5.15. The molecule has 0 aromatic rings. The minimum absolute atomic E-state index is 0.829. The van der Waals surface area contributed by atoms with E-state index in [0.717, 1.165) is 0 Å². The normalized spacial score (nSPS) is 39.6. The van der Waals surface area contributed by atoms with Crippen molar-refractivity contribution in [3.8, 4) is 0 Å². The van der Waals surface area contributed by atoms with Crippen LogP contribution in [0.3, 0.4) is 0 Å². The molecule has 0 saturated carbocycles. The van der Waals surface area contributed by atoms with Crippen LogP contribution in [0.25, 0.3) is 0 Å². The molecule has 1 fully saturated rings. The second-order valence-corrected chi connectivity index (χ2v) is 5.15. The molecule has 0 aromatic carbocycles. The van der Waals surface area contributed by atoms with Crippen molar-refractivity contribution in [1.29, 1.82) is 0 Å². The Balaban J connectivity index is 2.77. The van der Waals surface area contributed by atoms with Gasteiger partial charge in [-0.3, -0.25) is 0 Å². The second kappa shape index (κ2) is 7.77. The van der Waals surface area contributed by atoms with Crippen molar-refractivity contribution in [2.75, 3.05) is 0 Å².